The lowest BCUT2D eigenvalue weighted by Gasteiger charge is -2.33. The second-order valence-electron chi connectivity index (χ2n) is 3.74. The third kappa shape index (κ3) is 2.24. The summed E-state index contributed by atoms with van der Waals surface area (Å²) in [4.78, 5) is 20.7. The molecule has 1 aromatic rings. The summed E-state index contributed by atoms with van der Waals surface area (Å²) in [6, 6.07) is 1.10. The lowest BCUT2D eigenvalue weighted by Crippen LogP contribution is -2.45. The third-order valence-electron chi connectivity index (χ3n) is 2.70. The summed E-state index contributed by atoms with van der Waals surface area (Å²) in [5.74, 6) is -0.221. The van der Waals surface area contributed by atoms with Gasteiger partial charge in [0, 0.05) is 12.6 Å². The van der Waals surface area contributed by atoms with Crippen LogP contribution in [0.25, 0.3) is 0 Å². The lowest BCUT2D eigenvalue weighted by molar-refractivity contribution is -0.139. The SMILES string of the molecule is O=C(O)[C@@H]1CCCCN1c1cc(Cl)ncn1. The molecule has 0 radical (unpaired) electrons. The second-order valence-corrected chi connectivity index (χ2v) is 4.13. The van der Waals surface area contributed by atoms with Crippen molar-refractivity contribution < 1.29 is 9.90 Å². The predicted molar refractivity (Wildman–Crippen MR) is 59.7 cm³/mol. The molecule has 0 unspecified atom stereocenters. The minimum Gasteiger partial charge on any atom is -0.480 e. The summed E-state index contributed by atoms with van der Waals surface area (Å²) in [7, 11) is 0. The molecule has 1 aliphatic rings. The fourth-order valence-electron chi connectivity index (χ4n) is 1.94. The van der Waals surface area contributed by atoms with Crippen LogP contribution >= 0.6 is 11.6 Å². The molecule has 1 aromatic heterocycles. The summed E-state index contributed by atoms with van der Waals surface area (Å²) >= 11 is 5.77. The second kappa shape index (κ2) is 4.65. The molecule has 1 saturated heterocycles. The zero-order valence-electron chi connectivity index (χ0n) is 8.64. The molecule has 86 valence electrons. The zero-order chi connectivity index (χ0) is 11.5. The summed E-state index contributed by atoms with van der Waals surface area (Å²) in [5, 5.41) is 9.45. The van der Waals surface area contributed by atoms with Crippen molar-refractivity contribution in [3.8, 4) is 0 Å². The molecule has 0 spiro atoms. The van der Waals surface area contributed by atoms with Crippen LogP contribution in [0.1, 0.15) is 19.3 Å². The maximum Gasteiger partial charge on any atom is 0.326 e. The molecule has 0 amide bonds. The van der Waals surface area contributed by atoms with Crippen LogP contribution in [0.5, 0.6) is 0 Å². The molecule has 16 heavy (non-hydrogen) atoms. The largest absolute Gasteiger partial charge is 0.480 e. The Bertz CT molecular complexity index is 399. The van der Waals surface area contributed by atoms with Crippen LogP contribution in [-0.2, 0) is 4.79 Å². The van der Waals surface area contributed by atoms with Gasteiger partial charge in [0.25, 0.3) is 0 Å². The topological polar surface area (TPSA) is 66.3 Å². The van der Waals surface area contributed by atoms with E-state index in [1.807, 2.05) is 0 Å². The first-order chi connectivity index (χ1) is 7.68. The number of nitrogens with zero attached hydrogens (tertiary/aromatic N) is 3. The van der Waals surface area contributed by atoms with Gasteiger partial charge in [-0.1, -0.05) is 11.6 Å². The molecule has 0 bridgehead atoms. The molecule has 6 heteroatoms. The van der Waals surface area contributed by atoms with Gasteiger partial charge in [-0.3, -0.25) is 0 Å². The van der Waals surface area contributed by atoms with E-state index in [0.29, 0.717) is 23.9 Å². The summed E-state index contributed by atoms with van der Waals surface area (Å²) in [6.07, 6.45) is 3.92. The average Bonchev–Trinajstić information content (AvgIpc) is 2.29. The van der Waals surface area contributed by atoms with Gasteiger partial charge in [0.2, 0.25) is 0 Å². The van der Waals surface area contributed by atoms with Gasteiger partial charge < -0.3 is 10.0 Å². The first-order valence-corrected chi connectivity index (χ1v) is 5.53. The molecule has 2 heterocycles. The third-order valence-corrected chi connectivity index (χ3v) is 2.91. The minimum absolute atomic E-state index is 0.333. The average molecular weight is 242 g/mol. The number of aromatic nitrogens is 2. The van der Waals surface area contributed by atoms with Crippen molar-refractivity contribution in [2.45, 2.75) is 25.3 Å². The molecule has 0 saturated carbocycles. The van der Waals surface area contributed by atoms with Crippen molar-refractivity contribution >= 4 is 23.4 Å². The van der Waals surface area contributed by atoms with Gasteiger partial charge in [0.1, 0.15) is 23.3 Å². The van der Waals surface area contributed by atoms with E-state index in [-0.39, 0.29) is 0 Å². The van der Waals surface area contributed by atoms with Crippen LogP contribution < -0.4 is 4.90 Å². The summed E-state index contributed by atoms with van der Waals surface area (Å²) in [6.45, 7) is 0.699. The highest BCUT2D eigenvalue weighted by Crippen LogP contribution is 2.24. The van der Waals surface area contributed by atoms with Crippen molar-refractivity contribution in [3.05, 3.63) is 17.5 Å². The predicted octanol–water partition coefficient (Wildman–Crippen LogP) is 1.57. The Hall–Kier alpha value is -1.36. The lowest BCUT2D eigenvalue weighted by atomic mass is 10.0. The number of aliphatic carboxylic acids is 1. The number of hydrogen-bond donors (Lipinski definition) is 1. The minimum atomic E-state index is -0.811. The fraction of sp³-hybridized carbons (Fsp3) is 0.500. The first kappa shape index (κ1) is 11.1. The zero-order valence-corrected chi connectivity index (χ0v) is 9.39. The van der Waals surface area contributed by atoms with Gasteiger partial charge in [0.15, 0.2) is 0 Å². The maximum atomic E-state index is 11.1. The Kier molecular flexibility index (Phi) is 3.24. The van der Waals surface area contributed by atoms with Gasteiger partial charge in [-0.2, -0.15) is 0 Å². The number of piperidine rings is 1. The van der Waals surface area contributed by atoms with E-state index >= 15 is 0 Å². The highest BCUT2D eigenvalue weighted by atomic mass is 35.5. The molecule has 1 aliphatic heterocycles. The van der Waals surface area contributed by atoms with Crippen LogP contribution in [0, 0.1) is 0 Å². The first-order valence-electron chi connectivity index (χ1n) is 5.15. The molecule has 1 atom stereocenters. The van der Waals surface area contributed by atoms with E-state index in [9.17, 15) is 4.79 Å². The van der Waals surface area contributed by atoms with Gasteiger partial charge in [-0.25, -0.2) is 14.8 Å². The van der Waals surface area contributed by atoms with Crippen LogP contribution in [0.2, 0.25) is 5.15 Å². The Balaban J connectivity index is 2.26. The number of carbonyl (C=O) groups is 1. The molecule has 5 nitrogen and oxygen atoms in total. The number of carboxylic acids is 1. The highest BCUT2D eigenvalue weighted by molar-refractivity contribution is 6.29. The fourth-order valence-corrected chi connectivity index (χ4v) is 2.09. The summed E-state index contributed by atoms with van der Waals surface area (Å²) in [5.41, 5.74) is 0. The van der Waals surface area contributed by atoms with E-state index in [1.165, 1.54) is 6.33 Å². The van der Waals surface area contributed by atoms with Crippen molar-refractivity contribution in [1.29, 1.82) is 0 Å². The van der Waals surface area contributed by atoms with Crippen molar-refractivity contribution in [3.63, 3.8) is 0 Å². The molecule has 0 aliphatic carbocycles. The van der Waals surface area contributed by atoms with Crippen LogP contribution in [-0.4, -0.2) is 33.6 Å². The van der Waals surface area contributed by atoms with Gasteiger partial charge in [0.05, 0.1) is 0 Å². The summed E-state index contributed by atoms with van der Waals surface area (Å²) < 4.78 is 0. The van der Waals surface area contributed by atoms with Crippen LogP contribution in [0.15, 0.2) is 12.4 Å². The Morgan fingerprint density at radius 1 is 1.50 bits per heavy atom. The molecule has 1 fully saturated rings. The standard InChI is InChI=1S/C10H12ClN3O2/c11-8-5-9(13-6-12-8)14-4-2-1-3-7(14)10(15)16/h5-7H,1-4H2,(H,15,16)/t7-/m0/s1. The Morgan fingerprint density at radius 3 is 3.00 bits per heavy atom. The number of halogens is 1. The number of anilines is 1. The van der Waals surface area contributed by atoms with Crippen molar-refractivity contribution in [1.82, 2.24) is 9.97 Å². The van der Waals surface area contributed by atoms with Crippen molar-refractivity contribution in [2.75, 3.05) is 11.4 Å². The highest BCUT2D eigenvalue weighted by Gasteiger charge is 2.29. The monoisotopic (exact) mass is 241 g/mol. The Labute approximate surface area is 98.1 Å². The van der Waals surface area contributed by atoms with Crippen molar-refractivity contribution in [2.24, 2.45) is 0 Å². The van der Waals surface area contributed by atoms with E-state index in [1.54, 1.807) is 11.0 Å². The molecule has 0 aromatic carbocycles. The maximum absolute atomic E-state index is 11.1. The van der Waals surface area contributed by atoms with Crippen LogP contribution in [0.4, 0.5) is 5.82 Å². The normalized spacial score (nSPS) is 20.8. The number of carboxylic acid groups (broad SMARTS) is 1. The Morgan fingerprint density at radius 2 is 2.31 bits per heavy atom. The van der Waals surface area contributed by atoms with E-state index in [4.69, 9.17) is 16.7 Å². The molecular weight excluding hydrogens is 230 g/mol. The molecular formula is C10H12ClN3O2. The number of rotatable bonds is 2. The van der Waals surface area contributed by atoms with Crippen LogP contribution in [0.3, 0.4) is 0 Å². The number of hydrogen-bond acceptors (Lipinski definition) is 4. The van der Waals surface area contributed by atoms with Gasteiger partial charge in [-0.15, -0.1) is 0 Å². The van der Waals surface area contributed by atoms with Gasteiger partial charge >= 0.3 is 5.97 Å². The van der Waals surface area contributed by atoms with E-state index in [2.05, 4.69) is 9.97 Å². The van der Waals surface area contributed by atoms with E-state index < -0.39 is 12.0 Å². The molecule has 1 N–H and O–H groups in total. The van der Waals surface area contributed by atoms with Gasteiger partial charge in [-0.05, 0) is 19.3 Å². The van der Waals surface area contributed by atoms with E-state index in [0.717, 1.165) is 12.8 Å². The molecule has 2 rings (SSSR count). The smallest absolute Gasteiger partial charge is 0.326 e. The quantitative estimate of drug-likeness (QED) is 0.797.